The van der Waals surface area contributed by atoms with E-state index in [2.05, 4.69) is 10.6 Å². The van der Waals surface area contributed by atoms with Crippen LogP contribution in [-0.4, -0.2) is 31.3 Å². The van der Waals surface area contributed by atoms with Crippen LogP contribution in [0.2, 0.25) is 0 Å². The smallest absolute Gasteiger partial charge is 0.338 e. The fraction of sp³-hybridized carbons (Fsp3) is 0.545. The summed E-state index contributed by atoms with van der Waals surface area (Å²) in [5.74, 6) is 0.784. The van der Waals surface area contributed by atoms with Crippen molar-refractivity contribution in [3.63, 3.8) is 0 Å². The van der Waals surface area contributed by atoms with E-state index in [1.165, 1.54) is 0 Å². The zero-order valence-corrected chi connectivity index (χ0v) is 18.0. The number of carbonyl (C=O) groups is 2. The average molecular weight is 405 g/mol. The van der Waals surface area contributed by atoms with Crippen molar-refractivity contribution >= 4 is 12.0 Å². The van der Waals surface area contributed by atoms with E-state index < -0.39 is 12.0 Å². The van der Waals surface area contributed by atoms with Gasteiger partial charge in [0.25, 0.3) is 0 Å². The number of rotatable bonds is 10. The SMILES string of the molecule is CCCOc1ccc(C2NC(=O)NC(CCC)=C2C(=O)OC(C)C)cc1OCC. The third-order valence-electron chi connectivity index (χ3n) is 4.28. The van der Waals surface area contributed by atoms with E-state index in [9.17, 15) is 9.59 Å². The van der Waals surface area contributed by atoms with Crippen LogP contribution in [0.3, 0.4) is 0 Å². The monoisotopic (exact) mass is 404 g/mol. The van der Waals surface area contributed by atoms with E-state index in [1.54, 1.807) is 13.8 Å². The van der Waals surface area contributed by atoms with Crippen LogP contribution in [0.25, 0.3) is 0 Å². The maximum atomic E-state index is 12.9. The molecule has 0 radical (unpaired) electrons. The van der Waals surface area contributed by atoms with Gasteiger partial charge in [-0.25, -0.2) is 9.59 Å². The third-order valence-corrected chi connectivity index (χ3v) is 4.28. The summed E-state index contributed by atoms with van der Waals surface area (Å²) < 4.78 is 17.0. The fourth-order valence-electron chi connectivity index (χ4n) is 3.14. The summed E-state index contributed by atoms with van der Waals surface area (Å²) in [6.07, 6.45) is 1.98. The largest absolute Gasteiger partial charge is 0.490 e. The highest BCUT2D eigenvalue weighted by atomic mass is 16.5. The standard InChI is InChI=1S/C22H32N2O5/c1-6-9-16-19(21(25)29-14(4)5)20(24-22(26)23-16)15-10-11-17(28-12-7-2)18(13-15)27-8-3/h10-11,13-14,20H,6-9,12H2,1-5H3,(H2,23,24,26). The topological polar surface area (TPSA) is 85.9 Å². The van der Waals surface area contributed by atoms with Gasteiger partial charge in [0.2, 0.25) is 0 Å². The zero-order valence-electron chi connectivity index (χ0n) is 18.0. The normalized spacial score (nSPS) is 16.3. The molecule has 0 spiro atoms. The molecule has 0 aromatic heterocycles. The number of carbonyl (C=O) groups excluding carboxylic acids is 2. The lowest BCUT2D eigenvalue weighted by Gasteiger charge is -2.30. The lowest BCUT2D eigenvalue weighted by atomic mass is 9.93. The number of hydrogen-bond donors (Lipinski definition) is 2. The summed E-state index contributed by atoms with van der Waals surface area (Å²) in [5, 5.41) is 5.63. The second-order valence-electron chi connectivity index (χ2n) is 7.12. The predicted octanol–water partition coefficient (Wildman–Crippen LogP) is 4.23. The van der Waals surface area contributed by atoms with Gasteiger partial charge in [0.15, 0.2) is 11.5 Å². The van der Waals surface area contributed by atoms with E-state index in [1.807, 2.05) is 39.0 Å². The number of urea groups is 1. The van der Waals surface area contributed by atoms with E-state index in [0.29, 0.717) is 42.4 Å². The molecule has 2 amide bonds. The third kappa shape index (κ3) is 5.89. The summed E-state index contributed by atoms with van der Waals surface area (Å²) in [6.45, 7) is 10.6. The molecule has 0 bridgehead atoms. The minimum Gasteiger partial charge on any atom is -0.490 e. The van der Waals surface area contributed by atoms with Gasteiger partial charge in [0, 0.05) is 5.70 Å². The molecule has 1 aliphatic heterocycles. The number of esters is 1. The Hall–Kier alpha value is -2.70. The molecule has 1 unspecified atom stereocenters. The van der Waals surface area contributed by atoms with Crippen molar-refractivity contribution in [1.82, 2.24) is 10.6 Å². The van der Waals surface area contributed by atoms with E-state index >= 15 is 0 Å². The van der Waals surface area contributed by atoms with Gasteiger partial charge in [-0.15, -0.1) is 0 Å². The Balaban J connectivity index is 2.49. The molecule has 2 rings (SSSR count). The maximum Gasteiger partial charge on any atom is 0.338 e. The van der Waals surface area contributed by atoms with Crippen molar-refractivity contribution in [3.05, 3.63) is 35.0 Å². The highest BCUT2D eigenvalue weighted by Gasteiger charge is 2.34. The number of amides is 2. The molecule has 0 aliphatic carbocycles. The Morgan fingerprint density at radius 3 is 2.48 bits per heavy atom. The Labute approximate surface area is 172 Å². The molecule has 1 atom stereocenters. The highest BCUT2D eigenvalue weighted by molar-refractivity contribution is 5.95. The molecule has 7 heteroatoms. The summed E-state index contributed by atoms with van der Waals surface area (Å²) >= 11 is 0. The Morgan fingerprint density at radius 2 is 1.86 bits per heavy atom. The van der Waals surface area contributed by atoms with Crippen LogP contribution in [0.4, 0.5) is 4.79 Å². The number of benzene rings is 1. The molecule has 7 nitrogen and oxygen atoms in total. The average Bonchev–Trinajstić information content (AvgIpc) is 2.66. The van der Waals surface area contributed by atoms with Crippen molar-refractivity contribution in [2.75, 3.05) is 13.2 Å². The number of ether oxygens (including phenoxy) is 3. The van der Waals surface area contributed by atoms with Gasteiger partial charge in [-0.1, -0.05) is 26.3 Å². The first-order valence-electron chi connectivity index (χ1n) is 10.3. The quantitative estimate of drug-likeness (QED) is 0.570. The molecule has 1 aromatic rings. The first kappa shape index (κ1) is 22.6. The first-order valence-corrected chi connectivity index (χ1v) is 10.3. The van der Waals surface area contributed by atoms with Crippen LogP contribution >= 0.6 is 0 Å². The molecule has 1 aliphatic rings. The number of nitrogens with one attached hydrogen (secondary N) is 2. The van der Waals surface area contributed by atoms with Crippen LogP contribution in [0, 0.1) is 0 Å². The van der Waals surface area contributed by atoms with Gasteiger partial charge in [-0.3, -0.25) is 0 Å². The van der Waals surface area contributed by atoms with Gasteiger partial charge < -0.3 is 24.8 Å². The van der Waals surface area contributed by atoms with Crippen molar-refractivity contribution < 1.29 is 23.8 Å². The molecule has 29 heavy (non-hydrogen) atoms. The summed E-state index contributed by atoms with van der Waals surface area (Å²) in [4.78, 5) is 25.2. The zero-order chi connectivity index (χ0) is 21.4. The van der Waals surface area contributed by atoms with Crippen molar-refractivity contribution in [3.8, 4) is 11.5 Å². The first-order chi connectivity index (χ1) is 13.9. The van der Waals surface area contributed by atoms with Crippen molar-refractivity contribution in [2.24, 2.45) is 0 Å². The Morgan fingerprint density at radius 1 is 1.10 bits per heavy atom. The maximum absolute atomic E-state index is 12.9. The molecular formula is C22H32N2O5. The van der Waals surface area contributed by atoms with Crippen LogP contribution in [0.1, 0.15) is 65.5 Å². The second kappa shape index (κ2) is 10.7. The van der Waals surface area contributed by atoms with Gasteiger partial charge >= 0.3 is 12.0 Å². The van der Waals surface area contributed by atoms with Crippen molar-refractivity contribution in [1.29, 1.82) is 0 Å². The molecule has 160 valence electrons. The molecular weight excluding hydrogens is 372 g/mol. The van der Waals surface area contributed by atoms with E-state index in [4.69, 9.17) is 14.2 Å². The van der Waals surface area contributed by atoms with E-state index in [-0.39, 0.29) is 12.1 Å². The minimum atomic E-state index is -0.629. The fourth-order valence-corrected chi connectivity index (χ4v) is 3.14. The van der Waals surface area contributed by atoms with Gasteiger partial charge in [0.05, 0.1) is 30.9 Å². The van der Waals surface area contributed by atoms with Gasteiger partial charge in [0.1, 0.15) is 0 Å². The van der Waals surface area contributed by atoms with Crippen LogP contribution < -0.4 is 20.1 Å². The van der Waals surface area contributed by atoms with Gasteiger partial charge in [-0.05, 0) is 51.3 Å². The summed E-state index contributed by atoms with van der Waals surface area (Å²) in [5.41, 5.74) is 1.75. The predicted molar refractivity (Wildman–Crippen MR) is 111 cm³/mol. The molecule has 1 heterocycles. The number of hydrogen-bond acceptors (Lipinski definition) is 5. The molecule has 0 saturated heterocycles. The van der Waals surface area contributed by atoms with Gasteiger partial charge in [-0.2, -0.15) is 0 Å². The van der Waals surface area contributed by atoms with Crippen LogP contribution in [0.5, 0.6) is 11.5 Å². The highest BCUT2D eigenvalue weighted by Crippen LogP contribution is 2.35. The Kier molecular flexibility index (Phi) is 8.36. The summed E-state index contributed by atoms with van der Waals surface area (Å²) in [7, 11) is 0. The lowest BCUT2D eigenvalue weighted by molar-refractivity contribution is -0.143. The van der Waals surface area contributed by atoms with Crippen LogP contribution in [-0.2, 0) is 9.53 Å². The minimum absolute atomic E-state index is 0.264. The molecule has 1 aromatic carbocycles. The summed E-state index contributed by atoms with van der Waals surface area (Å²) in [6, 6.07) is 4.50. The second-order valence-corrected chi connectivity index (χ2v) is 7.12. The molecule has 2 N–H and O–H groups in total. The lowest BCUT2D eigenvalue weighted by Crippen LogP contribution is -2.46. The number of allylic oxidation sites excluding steroid dienone is 1. The van der Waals surface area contributed by atoms with E-state index in [0.717, 1.165) is 18.4 Å². The molecule has 0 fully saturated rings. The Bertz CT molecular complexity index is 758. The molecule has 0 saturated carbocycles. The van der Waals surface area contributed by atoms with Crippen molar-refractivity contribution in [2.45, 2.75) is 66.0 Å². The van der Waals surface area contributed by atoms with Crippen LogP contribution in [0.15, 0.2) is 29.5 Å².